The van der Waals surface area contributed by atoms with Gasteiger partial charge in [0.2, 0.25) is 5.95 Å². The van der Waals surface area contributed by atoms with Gasteiger partial charge < -0.3 is 4.90 Å². The van der Waals surface area contributed by atoms with E-state index in [4.69, 9.17) is 5.26 Å². The number of nitriles is 1. The number of rotatable bonds is 3. The Morgan fingerprint density at radius 2 is 1.84 bits per heavy atom. The van der Waals surface area contributed by atoms with Crippen LogP contribution in [0.2, 0.25) is 0 Å². The molecule has 0 spiro atoms. The molecule has 96 valence electrons. The fraction of sp³-hybridized carbons (Fsp3) is 0.154. The number of halogens is 2. The van der Waals surface area contributed by atoms with E-state index in [1.54, 1.807) is 11.9 Å². The first-order valence-electron chi connectivity index (χ1n) is 5.47. The molecule has 0 amide bonds. The van der Waals surface area contributed by atoms with E-state index in [1.165, 1.54) is 18.5 Å². The molecule has 0 saturated carbocycles. The maximum Gasteiger partial charge on any atom is 0.225 e. The minimum atomic E-state index is -0.914. The quantitative estimate of drug-likeness (QED) is 0.795. The predicted octanol–water partition coefficient (Wildman–Crippen LogP) is 2.38. The van der Waals surface area contributed by atoms with E-state index < -0.39 is 11.6 Å². The van der Waals surface area contributed by atoms with Crippen molar-refractivity contribution in [1.29, 1.82) is 5.26 Å². The second-order valence-corrected chi connectivity index (χ2v) is 3.91. The lowest BCUT2D eigenvalue weighted by molar-refractivity contribution is 0.509. The summed E-state index contributed by atoms with van der Waals surface area (Å²) in [4.78, 5) is 9.72. The van der Waals surface area contributed by atoms with Crippen LogP contribution in [0.15, 0.2) is 30.6 Å². The third kappa shape index (κ3) is 2.83. The van der Waals surface area contributed by atoms with Gasteiger partial charge in [-0.1, -0.05) is 6.07 Å². The van der Waals surface area contributed by atoms with E-state index >= 15 is 0 Å². The Kier molecular flexibility index (Phi) is 3.66. The molecule has 0 radical (unpaired) electrons. The molecule has 0 bridgehead atoms. The molecular formula is C13H10F2N4. The first-order valence-corrected chi connectivity index (χ1v) is 5.47. The zero-order valence-electron chi connectivity index (χ0n) is 10.1. The summed E-state index contributed by atoms with van der Waals surface area (Å²) < 4.78 is 25.9. The summed E-state index contributed by atoms with van der Waals surface area (Å²) in [5.41, 5.74) is 1.07. The summed E-state index contributed by atoms with van der Waals surface area (Å²) in [6, 6.07) is 5.58. The highest BCUT2D eigenvalue weighted by Gasteiger charge is 2.07. The standard InChI is InChI=1S/C13H10F2N4/c1-19(5-4-16)13-17-7-10(8-18-13)9-2-3-11(14)12(15)6-9/h2-3,6-8H,5H2,1H3. The van der Waals surface area contributed by atoms with Gasteiger partial charge >= 0.3 is 0 Å². The first kappa shape index (κ1) is 12.9. The van der Waals surface area contributed by atoms with Crippen LogP contribution in [0.25, 0.3) is 11.1 Å². The minimum absolute atomic E-state index is 0.171. The molecule has 1 aromatic heterocycles. The summed E-state index contributed by atoms with van der Waals surface area (Å²) in [5, 5.41) is 8.56. The van der Waals surface area contributed by atoms with Crippen molar-refractivity contribution in [3.63, 3.8) is 0 Å². The van der Waals surface area contributed by atoms with Crippen molar-refractivity contribution in [1.82, 2.24) is 9.97 Å². The Balaban J connectivity index is 2.27. The molecule has 0 saturated heterocycles. The van der Waals surface area contributed by atoms with Gasteiger partial charge in [0, 0.05) is 25.0 Å². The summed E-state index contributed by atoms with van der Waals surface area (Å²) in [7, 11) is 1.69. The highest BCUT2D eigenvalue weighted by Crippen LogP contribution is 2.20. The van der Waals surface area contributed by atoms with Gasteiger partial charge in [-0.3, -0.25) is 0 Å². The second kappa shape index (κ2) is 5.40. The van der Waals surface area contributed by atoms with E-state index in [9.17, 15) is 8.78 Å². The van der Waals surface area contributed by atoms with Crippen LogP contribution in [-0.2, 0) is 0 Å². The molecule has 0 atom stereocenters. The van der Waals surface area contributed by atoms with Crippen molar-refractivity contribution >= 4 is 5.95 Å². The lowest BCUT2D eigenvalue weighted by Crippen LogP contribution is -2.19. The maximum atomic E-state index is 13.1. The Hall–Kier alpha value is -2.55. The van der Waals surface area contributed by atoms with Crippen LogP contribution >= 0.6 is 0 Å². The molecule has 19 heavy (non-hydrogen) atoms. The first-order chi connectivity index (χ1) is 9.11. The average Bonchev–Trinajstić information content (AvgIpc) is 2.42. The molecule has 6 heteroatoms. The Bertz CT molecular complexity index is 620. The molecule has 4 nitrogen and oxygen atoms in total. The van der Waals surface area contributed by atoms with Crippen molar-refractivity contribution in [3.05, 3.63) is 42.2 Å². The molecule has 0 unspecified atom stereocenters. The molecule has 2 aromatic rings. The van der Waals surface area contributed by atoms with E-state index in [2.05, 4.69) is 9.97 Å². The molecule has 0 fully saturated rings. The SMILES string of the molecule is CN(CC#N)c1ncc(-c2ccc(F)c(F)c2)cn1. The molecule has 0 aliphatic carbocycles. The zero-order valence-corrected chi connectivity index (χ0v) is 10.1. The molecule has 1 aromatic carbocycles. The maximum absolute atomic E-state index is 13.1. The van der Waals surface area contributed by atoms with Gasteiger partial charge in [-0.15, -0.1) is 0 Å². The number of hydrogen-bond donors (Lipinski definition) is 0. The smallest absolute Gasteiger partial charge is 0.225 e. The van der Waals surface area contributed by atoms with Crippen LogP contribution in [0.4, 0.5) is 14.7 Å². The molecule has 2 rings (SSSR count). The molecular weight excluding hydrogens is 250 g/mol. The van der Waals surface area contributed by atoms with E-state index in [-0.39, 0.29) is 6.54 Å². The monoisotopic (exact) mass is 260 g/mol. The van der Waals surface area contributed by atoms with Gasteiger partial charge in [-0.05, 0) is 17.7 Å². The third-order valence-electron chi connectivity index (χ3n) is 2.54. The van der Waals surface area contributed by atoms with Crippen molar-refractivity contribution < 1.29 is 8.78 Å². The summed E-state index contributed by atoms with van der Waals surface area (Å²) in [6.07, 6.45) is 3.01. The Morgan fingerprint density at radius 1 is 1.16 bits per heavy atom. The summed E-state index contributed by atoms with van der Waals surface area (Å²) in [5.74, 6) is -1.41. The molecule has 0 aliphatic rings. The highest BCUT2D eigenvalue weighted by molar-refractivity contribution is 5.62. The van der Waals surface area contributed by atoms with Crippen molar-refractivity contribution in [2.75, 3.05) is 18.5 Å². The lowest BCUT2D eigenvalue weighted by atomic mass is 10.1. The van der Waals surface area contributed by atoms with Crippen LogP contribution in [0.3, 0.4) is 0 Å². The van der Waals surface area contributed by atoms with Crippen LogP contribution in [0.5, 0.6) is 0 Å². The van der Waals surface area contributed by atoms with Gasteiger partial charge in [-0.2, -0.15) is 5.26 Å². The van der Waals surface area contributed by atoms with Crippen LogP contribution < -0.4 is 4.90 Å². The van der Waals surface area contributed by atoms with Gasteiger partial charge in [0.15, 0.2) is 11.6 Å². The van der Waals surface area contributed by atoms with Crippen molar-refractivity contribution in [3.8, 4) is 17.2 Å². The second-order valence-electron chi connectivity index (χ2n) is 3.91. The molecule has 1 heterocycles. The fourth-order valence-electron chi connectivity index (χ4n) is 1.52. The van der Waals surface area contributed by atoms with Crippen molar-refractivity contribution in [2.24, 2.45) is 0 Å². The van der Waals surface area contributed by atoms with Crippen LogP contribution in [0, 0.1) is 23.0 Å². The van der Waals surface area contributed by atoms with E-state index in [0.29, 0.717) is 17.1 Å². The highest BCUT2D eigenvalue weighted by atomic mass is 19.2. The van der Waals surface area contributed by atoms with E-state index in [0.717, 1.165) is 12.1 Å². The fourth-order valence-corrected chi connectivity index (χ4v) is 1.52. The largest absolute Gasteiger partial charge is 0.331 e. The summed E-state index contributed by atoms with van der Waals surface area (Å²) >= 11 is 0. The number of nitrogens with zero attached hydrogens (tertiary/aromatic N) is 4. The molecule has 0 aliphatic heterocycles. The topological polar surface area (TPSA) is 52.8 Å². The van der Waals surface area contributed by atoms with E-state index in [1.807, 2.05) is 6.07 Å². The number of benzene rings is 1. The number of anilines is 1. The van der Waals surface area contributed by atoms with Crippen LogP contribution in [-0.4, -0.2) is 23.6 Å². The van der Waals surface area contributed by atoms with Gasteiger partial charge in [0.05, 0.1) is 6.07 Å². The summed E-state index contributed by atoms with van der Waals surface area (Å²) in [6.45, 7) is 0.171. The zero-order chi connectivity index (χ0) is 13.8. The average molecular weight is 260 g/mol. The molecule has 0 N–H and O–H groups in total. The number of hydrogen-bond acceptors (Lipinski definition) is 4. The number of aromatic nitrogens is 2. The van der Waals surface area contributed by atoms with Crippen LogP contribution in [0.1, 0.15) is 0 Å². The Labute approximate surface area is 109 Å². The normalized spacial score (nSPS) is 10.0. The van der Waals surface area contributed by atoms with Gasteiger partial charge in [-0.25, -0.2) is 18.7 Å². The Morgan fingerprint density at radius 3 is 2.42 bits per heavy atom. The van der Waals surface area contributed by atoms with Gasteiger partial charge in [0.1, 0.15) is 6.54 Å². The van der Waals surface area contributed by atoms with Gasteiger partial charge in [0.25, 0.3) is 0 Å². The minimum Gasteiger partial charge on any atom is -0.331 e. The predicted molar refractivity (Wildman–Crippen MR) is 66.3 cm³/mol. The van der Waals surface area contributed by atoms with Crippen molar-refractivity contribution in [2.45, 2.75) is 0 Å². The third-order valence-corrected chi connectivity index (χ3v) is 2.54. The lowest BCUT2D eigenvalue weighted by Gasteiger charge is -2.12.